The van der Waals surface area contributed by atoms with Crippen molar-refractivity contribution in [2.45, 2.75) is 45.6 Å². The molecule has 0 aliphatic carbocycles. The van der Waals surface area contributed by atoms with Gasteiger partial charge in [-0.05, 0) is 44.8 Å². The molecule has 0 amide bonds. The van der Waals surface area contributed by atoms with Crippen molar-refractivity contribution in [1.29, 1.82) is 0 Å². The van der Waals surface area contributed by atoms with Gasteiger partial charge in [-0.2, -0.15) is 0 Å². The highest BCUT2D eigenvalue weighted by Gasteiger charge is 2.33. The summed E-state index contributed by atoms with van der Waals surface area (Å²) in [6.07, 6.45) is 0.967. The van der Waals surface area contributed by atoms with Crippen LogP contribution in [0, 0.1) is 0 Å². The van der Waals surface area contributed by atoms with Crippen molar-refractivity contribution in [2.75, 3.05) is 13.1 Å². The van der Waals surface area contributed by atoms with E-state index in [1.807, 2.05) is 30.0 Å². The number of hydrogen-bond acceptors (Lipinski definition) is 2. The Bertz CT molecular complexity index is 400. The second-order valence-electron chi connectivity index (χ2n) is 5.54. The van der Waals surface area contributed by atoms with Gasteiger partial charge in [0.1, 0.15) is 5.54 Å². The van der Waals surface area contributed by atoms with Gasteiger partial charge in [0.2, 0.25) is 0 Å². The average Bonchev–Trinajstić information content (AvgIpc) is 2.39. The maximum atomic E-state index is 11.3. The first kappa shape index (κ1) is 15.7. The zero-order valence-corrected chi connectivity index (χ0v) is 12.4. The third-order valence-electron chi connectivity index (χ3n) is 3.90. The number of hydrogen-bond donors (Lipinski definition) is 1. The van der Waals surface area contributed by atoms with E-state index in [-0.39, 0.29) is 0 Å². The minimum atomic E-state index is -0.800. The quantitative estimate of drug-likeness (QED) is 0.820. The highest BCUT2D eigenvalue weighted by atomic mass is 16.4. The molecule has 1 rings (SSSR count). The summed E-state index contributed by atoms with van der Waals surface area (Å²) < 4.78 is 0. The summed E-state index contributed by atoms with van der Waals surface area (Å²) in [7, 11) is 0. The summed E-state index contributed by atoms with van der Waals surface area (Å²) in [6.45, 7) is 9.29. The van der Waals surface area contributed by atoms with Crippen LogP contribution in [0.15, 0.2) is 30.3 Å². The molecule has 3 nitrogen and oxygen atoms in total. The van der Waals surface area contributed by atoms with Gasteiger partial charge in [0.15, 0.2) is 0 Å². The molecular weight excluding hydrogens is 238 g/mol. The first-order valence-electron chi connectivity index (χ1n) is 6.93. The summed E-state index contributed by atoms with van der Waals surface area (Å²) in [5.74, 6) is -0.318. The molecule has 3 heteroatoms. The van der Waals surface area contributed by atoms with Crippen molar-refractivity contribution in [2.24, 2.45) is 0 Å². The smallest absolute Gasteiger partial charge is 0.323 e. The lowest BCUT2D eigenvalue weighted by Gasteiger charge is -2.34. The van der Waals surface area contributed by atoms with E-state index in [2.05, 4.69) is 19.1 Å². The van der Waals surface area contributed by atoms with Crippen LogP contribution in [0.1, 0.15) is 45.6 Å². The Morgan fingerprint density at radius 3 is 2.37 bits per heavy atom. The van der Waals surface area contributed by atoms with E-state index in [4.69, 9.17) is 0 Å². The Labute approximate surface area is 116 Å². The van der Waals surface area contributed by atoms with E-state index in [0.29, 0.717) is 5.92 Å². The third-order valence-corrected chi connectivity index (χ3v) is 3.90. The molecule has 1 aromatic rings. The van der Waals surface area contributed by atoms with Gasteiger partial charge in [0.05, 0.1) is 0 Å². The van der Waals surface area contributed by atoms with Crippen molar-refractivity contribution < 1.29 is 9.90 Å². The van der Waals surface area contributed by atoms with Crippen LogP contribution in [0.2, 0.25) is 0 Å². The fourth-order valence-electron chi connectivity index (χ4n) is 2.27. The van der Waals surface area contributed by atoms with Crippen LogP contribution in [0.3, 0.4) is 0 Å². The van der Waals surface area contributed by atoms with E-state index >= 15 is 0 Å². The zero-order valence-electron chi connectivity index (χ0n) is 12.4. The Morgan fingerprint density at radius 2 is 1.89 bits per heavy atom. The van der Waals surface area contributed by atoms with Crippen molar-refractivity contribution in [3.63, 3.8) is 0 Å². The molecule has 0 spiro atoms. The van der Waals surface area contributed by atoms with Gasteiger partial charge >= 0.3 is 5.97 Å². The van der Waals surface area contributed by atoms with Gasteiger partial charge in [-0.15, -0.1) is 0 Å². The standard InChI is InChI=1S/C16H25NO2/c1-5-17(16(3,4)15(18)19)12-11-13(2)14-9-7-6-8-10-14/h6-10,13H,5,11-12H2,1-4H3,(H,18,19). The molecule has 1 aromatic carbocycles. The second kappa shape index (κ2) is 6.71. The molecule has 106 valence electrons. The number of nitrogens with zero attached hydrogens (tertiary/aromatic N) is 1. The Hall–Kier alpha value is -1.35. The average molecular weight is 263 g/mol. The molecule has 1 N–H and O–H groups in total. The van der Waals surface area contributed by atoms with Crippen LogP contribution in [0.5, 0.6) is 0 Å². The molecule has 0 bridgehead atoms. The minimum Gasteiger partial charge on any atom is -0.480 e. The highest BCUT2D eigenvalue weighted by Crippen LogP contribution is 2.22. The van der Waals surface area contributed by atoms with Crippen molar-refractivity contribution >= 4 is 5.97 Å². The lowest BCUT2D eigenvalue weighted by Crippen LogP contribution is -2.50. The van der Waals surface area contributed by atoms with Gasteiger partial charge in [-0.1, -0.05) is 44.2 Å². The topological polar surface area (TPSA) is 40.5 Å². The number of likely N-dealkylation sites (N-methyl/N-ethyl adjacent to an activating group) is 1. The first-order valence-corrected chi connectivity index (χ1v) is 6.93. The number of carbonyl (C=O) groups is 1. The van der Waals surface area contributed by atoms with Crippen molar-refractivity contribution in [3.05, 3.63) is 35.9 Å². The van der Waals surface area contributed by atoms with E-state index < -0.39 is 11.5 Å². The molecule has 1 unspecified atom stereocenters. The molecule has 0 radical (unpaired) electrons. The molecule has 0 aromatic heterocycles. The fraction of sp³-hybridized carbons (Fsp3) is 0.562. The van der Waals surface area contributed by atoms with Crippen LogP contribution in [0.4, 0.5) is 0 Å². The molecule has 0 fully saturated rings. The molecule has 0 saturated heterocycles. The van der Waals surface area contributed by atoms with Crippen LogP contribution in [-0.4, -0.2) is 34.6 Å². The summed E-state index contributed by atoms with van der Waals surface area (Å²) >= 11 is 0. The maximum Gasteiger partial charge on any atom is 0.323 e. The summed E-state index contributed by atoms with van der Waals surface area (Å²) in [5.41, 5.74) is 0.511. The highest BCUT2D eigenvalue weighted by molar-refractivity contribution is 5.77. The predicted octanol–water partition coefficient (Wildman–Crippen LogP) is 3.37. The number of benzene rings is 1. The lowest BCUT2D eigenvalue weighted by molar-refractivity contribution is -0.149. The first-order chi connectivity index (χ1) is 8.89. The van der Waals surface area contributed by atoms with Crippen LogP contribution < -0.4 is 0 Å². The Morgan fingerprint density at radius 1 is 1.32 bits per heavy atom. The molecule has 0 saturated carbocycles. The van der Waals surface area contributed by atoms with Crippen LogP contribution in [-0.2, 0) is 4.79 Å². The van der Waals surface area contributed by atoms with Crippen LogP contribution >= 0.6 is 0 Å². The SMILES string of the molecule is CCN(CCC(C)c1ccccc1)C(C)(C)C(=O)O. The zero-order chi connectivity index (χ0) is 14.5. The Balaban J connectivity index is 2.62. The number of aliphatic carboxylic acids is 1. The fourth-order valence-corrected chi connectivity index (χ4v) is 2.27. The van der Waals surface area contributed by atoms with Crippen molar-refractivity contribution in [3.8, 4) is 0 Å². The molecule has 0 aliphatic rings. The molecular formula is C16H25NO2. The summed E-state index contributed by atoms with van der Waals surface area (Å²) in [5, 5.41) is 9.28. The van der Waals surface area contributed by atoms with E-state index in [0.717, 1.165) is 19.5 Å². The summed E-state index contributed by atoms with van der Waals surface area (Å²) in [4.78, 5) is 13.3. The van der Waals surface area contributed by atoms with Gasteiger partial charge in [-0.25, -0.2) is 0 Å². The number of carboxylic acid groups (broad SMARTS) is 1. The third kappa shape index (κ3) is 4.06. The summed E-state index contributed by atoms with van der Waals surface area (Å²) in [6, 6.07) is 10.4. The van der Waals surface area contributed by atoms with Gasteiger partial charge < -0.3 is 5.11 Å². The van der Waals surface area contributed by atoms with E-state index in [1.165, 1.54) is 5.56 Å². The minimum absolute atomic E-state index is 0.444. The largest absolute Gasteiger partial charge is 0.480 e. The predicted molar refractivity (Wildman–Crippen MR) is 78.4 cm³/mol. The van der Waals surface area contributed by atoms with Gasteiger partial charge in [0, 0.05) is 0 Å². The maximum absolute atomic E-state index is 11.3. The molecule has 1 atom stereocenters. The molecule has 0 heterocycles. The van der Waals surface area contributed by atoms with Gasteiger partial charge in [0.25, 0.3) is 0 Å². The number of carboxylic acids is 1. The molecule has 0 aliphatic heterocycles. The Kier molecular flexibility index (Phi) is 5.55. The molecule has 19 heavy (non-hydrogen) atoms. The normalized spacial score (nSPS) is 13.5. The van der Waals surface area contributed by atoms with Crippen molar-refractivity contribution in [1.82, 2.24) is 4.90 Å². The monoisotopic (exact) mass is 263 g/mol. The number of rotatable bonds is 7. The van der Waals surface area contributed by atoms with E-state index in [1.54, 1.807) is 13.8 Å². The van der Waals surface area contributed by atoms with Gasteiger partial charge in [-0.3, -0.25) is 9.69 Å². The second-order valence-corrected chi connectivity index (χ2v) is 5.54. The lowest BCUT2D eigenvalue weighted by atomic mass is 9.96. The van der Waals surface area contributed by atoms with Crippen LogP contribution in [0.25, 0.3) is 0 Å². The van der Waals surface area contributed by atoms with E-state index in [9.17, 15) is 9.90 Å².